The number of thiocarbonyl (C=S) groups is 2. The van der Waals surface area contributed by atoms with E-state index < -0.39 is 16.8 Å². The quantitative estimate of drug-likeness (QED) is 0.0126. The van der Waals surface area contributed by atoms with Crippen LogP contribution in [-0.2, 0) is 40.1 Å². The van der Waals surface area contributed by atoms with Crippen LogP contribution in [-0.4, -0.2) is 292 Å². The topological polar surface area (TPSA) is 303 Å². The number of ketones is 1. The molecule has 32 nitrogen and oxygen atoms in total. The fourth-order valence-corrected chi connectivity index (χ4v) is 14.4. The van der Waals surface area contributed by atoms with Crippen molar-refractivity contribution in [2.75, 3.05) is 158 Å². The van der Waals surface area contributed by atoms with Crippen LogP contribution in [0.5, 0.6) is 0 Å². The fourth-order valence-electron chi connectivity index (χ4n) is 12.8. The van der Waals surface area contributed by atoms with Gasteiger partial charge in [0.25, 0.3) is 0 Å². The van der Waals surface area contributed by atoms with Crippen molar-refractivity contribution in [2.24, 2.45) is 31.3 Å². The van der Waals surface area contributed by atoms with Gasteiger partial charge in [-0.15, -0.1) is 12.4 Å². The summed E-state index contributed by atoms with van der Waals surface area (Å²) in [6.07, 6.45) is 9.25. The number of carbonyl (C=O) groups is 5. The number of thiol groups is 1. The Hall–Kier alpha value is -10.1. The van der Waals surface area contributed by atoms with Crippen LogP contribution < -0.4 is 31.2 Å². The maximum atomic E-state index is 13.2. The molecule has 0 aliphatic carbocycles. The van der Waals surface area contributed by atoms with E-state index in [4.69, 9.17) is 49.2 Å². The van der Waals surface area contributed by atoms with Crippen molar-refractivity contribution >= 4 is 147 Å². The number of imidazole rings is 2. The Morgan fingerprint density at radius 2 is 0.792 bits per heavy atom. The summed E-state index contributed by atoms with van der Waals surface area (Å²) in [6, 6.07) is 28.6. The van der Waals surface area contributed by atoms with Gasteiger partial charge in [0.2, 0.25) is 0 Å². The van der Waals surface area contributed by atoms with E-state index in [1.54, 1.807) is 110 Å². The van der Waals surface area contributed by atoms with Crippen LogP contribution in [0, 0.1) is 23.3 Å². The summed E-state index contributed by atoms with van der Waals surface area (Å²) in [5, 5.41) is 23.1. The van der Waals surface area contributed by atoms with Gasteiger partial charge >= 0.3 is 49.1 Å². The van der Waals surface area contributed by atoms with Crippen molar-refractivity contribution in [3.63, 3.8) is 0 Å². The van der Waals surface area contributed by atoms with Crippen molar-refractivity contribution in [1.29, 1.82) is 0 Å². The van der Waals surface area contributed by atoms with Crippen LogP contribution >= 0.6 is 81.5 Å². The fraction of sp³-hybridized carbons (Fsp3) is 0.471. The number of halogens is 7. The summed E-state index contributed by atoms with van der Waals surface area (Å²) in [5.41, 5.74) is 3.82. The first-order valence-corrected chi connectivity index (χ1v) is 44.8. The molecule has 0 saturated carbocycles. The second-order valence-electron chi connectivity index (χ2n) is 33.8. The van der Waals surface area contributed by atoms with Crippen molar-refractivity contribution in [3.05, 3.63) is 180 Å². The first-order chi connectivity index (χ1) is 60.8. The van der Waals surface area contributed by atoms with Crippen molar-refractivity contribution in [2.45, 2.75) is 105 Å². The third-order valence-electron chi connectivity index (χ3n) is 19.0. The summed E-state index contributed by atoms with van der Waals surface area (Å²) >= 11 is 20.2. The molecule has 14 rings (SSSR count). The Kier molecular flexibility index (Phi) is 43.2. The molecule has 707 valence electrons. The molecule has 0 unspecified atom stereocenters. The first-order valence-electron chi connectivity index (χ1n) is 41.7. The molecule has 5 aliphatic rings. The van der Waals surface area contributed by atoms with Crippen LogP contribution in [0.25, 0.3) is 33.8 Å². The van der Waals surface area contributed by atoms with E-state index in [2.05, 4.69) is 113 Å². The van der Waals surface area contributed by atoms with Crippen LogP contribution in [0.15, 0.2) is 155 Å². The molecule has 4 aromatic carbocycles. The number of hydrogen-bond acceptors (Lipinski definition) is 24. The number of carbonyl (C=O) groups excluding carboxylic acids is 5. The number of benzene rings is 4. The first kappa shape index (κ1) is 109. The van der Waals surface area contributed by atoms with E-state index in [-0.39, 0.29) is 76.8 Å². The zero-order chi connectivity index (χ0) is 95.1. The van der Waals surface area contributed by atoms with E-state index in [0.29, 0.717) is 94.3 Å². The number of alkyl halides is 1. The van der Waals surface area contributed by atoms with Gasteiger partial charge in [-0.3, -0.25) is 33.0 Å². The third-order valence-corrected chi connectivity index (χ3v) is 21.2. The number of nitrogens with one attached hydrogen (secondary N) is 2. The van der Waals surface area contributed by atoms with E-state index in [1.807, 2.05) is 129 Å². The third kappa shape index (κ3) is 35.9. The SMILES string of the molecule is CC(C)(C)OC(=O)N1CCNCC1.CN(N)C(=S)N1CCN(C(=O)OC(C)(C)C)CC1.Cl.Cn1nc(-c2ccc(F)cc2)c(Br)c1N1CCN(C(=O)OC(C)(C)C)CC1.Cn1nc(-c2ccc(F)cc2)cc1N1CCN(C(=O)OC(C)(C)C)CC1.Cn1nc(-c2ccc(F)cc2)cc1N1CCNCC1.O=C(CBr)c1ccc(F)cc1.S=C(n1ccnc1)n1ccnc1.[B]=NS. The zero-order valence-corrected chi connectivity index (χ0v) is 82.9. The van der Waals surface area contributed by atoms with E-state index >= 15 is 0 Å². The molecule has 0 spiro atoms. The van der Waals surface area contributed by atoms with Gasteiger partial charge in [0.1, 0.15) is 81.5 Å². The molecule has 5 saturated heterocycles. The summed E-state index contributed by atoms with van der Waals surface area (Å²) in [4.78, 5) is 82.1. The number of nitrogens with zero attached hydrogens (tertiary/aromatic N) is 20. The molecule has 1 radical (unpaired) electrons. The van der Waals surface area contributed by atoms with Gasteiger partial charge in [-0.2, -0.15) is 15.3 Å². The number of ether oxygens (including phenoxy) is 4. The molecule has 4 amide bonds. The Bertz CT molecular complexity index is 4990. The zero-order valence-electron chi connectivity index (χ0n) is 76.4. The van der Waals surface area contributed by atoms with Gasteiger partial charge in [0.15, 0.2) is 16.0 Å². The van der Waals surface area contributed by atoms with Crippen LogP contribution in [0.3, 0.4) is 0 Å². The number of amides is 4. The van der Waals surface area contributed by atoms with Crippen molar-refractivity contribution in [3.8, 4) is 33.8 Å². The Balaban J connectivity index is 0.000000237. The minimum absolute atomic E-state index is 0. The molecule has 9 aromatic rings. The summed E-state index contributed by atoms with van der Waals surface area (Å²) in [7, 11) is 11.8. The minimum atomic E-state index is -0.497. The van der Waals surface area contributed by atoms with Gasteiger partial charge in [-0.05, 0) is 221 Å². The molecular formula is C87H120BBr2ClF4N23O9S3. The van der Waals surface area contributed by atoms with Crippen molar-refractivity contribution in [1.82, 2.24) is 88.6 Å². The molecule has 130 heavy (non-hydrogen) atoms. The normalized spacial score (nSPS) is 14.5. The number of anilines is 3. The number of nitrogens with two attached hydrogens (primary N) is 1. The number of hydrazine groups is 1. The Labute approximate surface area is 799 Å². The second-order valence-corrected chi connectivity index (χ2v) is 36.1. The molecule has 5 fully saturated rings. The summed E-state index contributed by atoms with van der Waals surface area (Å²) in [6.45, 7) is 37.3. The van der Waals surface area contributed by atoms with Crippen LogP contribution in [0.1, 0.15) is 93.4 Å². The van der Waals surface area contributed by atoms with E-state index in [9.17, 15) is 41.5 Å². The van der Waals surface area contributed by atoms with Gasteiger partial charge in [0, 0.05) is 218 Å². The van der Waals surface area contributed by atoms with Crippen LogP contribution in [0.2, 0.25) is 0 Å². The number of aryl methyl sites for hydroxylation is 3. The molecule has 4 N–H and O–H groups in total. The van der Waals surface area contributed by atoms with E-state index in [0.717, 1.165) is 108 Å². The number of rotatable bonds is 8. The second kappa shape index (κ2) is 51.7. The predicted molar refractivity (Wildman–Crippen MR) is 520 cm³/mol. The van der Waals surface area contributed by atoms with Crippen LogP contribution in [0.4, 0.5) is 54.2 Å². The predicted octanol–water partition coefficient (Wildman–Crippen LogP) is 14.2. The monoisotopic (exact) mass is 2010 g/mol. The van der Waals surface area contributed by atoms with Gasteiger partial charge < -0.3 is 68.8 Å². The summed E-state index contributed by atoms with van der Waals surface area (Å²) in [5.74, 6) is 7.51. The number of hydrogen-bond donors (Lipinski definition) is 4. The Morgan fingerprint density at radius 3 is 1.12 bits per heavy atom. The molecule has 10 heterocycles. The number of piperazine rings is 5. The standard InChI is InChI=1S/C19H24BrFN4O2.C19H25FN4O2.C14H17FN4.C11H22N4O2S.C9H18N2O2.C8H6BrFO.C7H6N4S.BHNS.ClH/c1-19(2,3)27-18(26)25-11-9-24(10-12-25)17-15(20)16(22-23(17)4)13-5-7-14(21)8-6-13;1-19(2,3)26-18(25)24-11-9-23(10-12-24)17-13-16(21-22(17)4)14-5-7-15(20)8-6-14;1-18-14(19-8-6-16-7-9-19)10-13(17-18)11-2-4-12(15)5-3-11;1-11(2,3)17-10(16)15-7-5-14(6-8-15)9(18)13(4)12;1-9(2,3)13-8(12)11-6-4-10-5-7-11;9-5-8(11)6-1-3-7(10)4-2-6;12-7(10-3-1-8-5-10)11-4-2-9-6-11;1-2-3;/h5-8H,9-12H2,1-4H3;5-8,13H,9-12H2,1-4H3;2-5,10,16H,6-9H2,1H3;5-8,12H2,1-4H3;10H,4-7H2,1-3H3;1-4H,5H2;1-6H;3H;1H. The maximum absolute atomic E-state index is 13.2. The molecule has 43 heteroatoms. The average molecular weight is 2010 g/mol. The van der Waals surface area contributed by atoms with Gasteiger partial charge in [0.05, 0.1) is 21.2 Å². The van der Waals surface area contributed by atoms with Gasteiger partial charge in [-0.25, -0.2) is 52.6 Å². The molecule has 5 aromatic heterocycles. The Morgan fingerprint density at radius 1 is 0.485 bits per heavy atom. The molecule has 5 aliphatic heterocycles. The molecule has 0 atom stereocenters. The number of aromatic nitrogens is 10. The molecular weight excluding hydrogens is 1890 g/mol. The van der Waals surface area contributed by atoms with E-state index in [1.165, 1.54) is 65.7 Å². The van der Waals surface area contributed by atoms with Crippen molar-refractivity contribution < 1.29 is 60.5 Å². The summed E-state index contributed by atoms with van der Waals surface area (Å²) < 4.78 is 85.6. The van der Waals surface area contributed by atoms with Gasteiger partial charge in [-0.1, -0.05) is 15.9 Å². The number of Topliss-reactive ketones (excluding diaryl/α,β-unsaturated/α-hetero) is 1. The molecule has 0 bridgehead atoms. The average Bonchev–Trinajstić information content (AvgIpc) is 1.64.